The van der Waals surface area contributed by atoms with Gasteiger partial charge in [-0.3, -0.25) is 4.79 Å². The zero-order valence-corrected chi connectivity index (χ0v) is 20.7. The Bertz CT molecular complexity index is 615. The monoisotopic (exact) mass is 470 g/mol. The zero-order chi connectivity index (χ0) is 23.9. The van der Waals surface area contributed by atoms with Crippen molar-refractivity contribution in [1.29, 1.82) is 0 Å². The third kappa shape index (κ3) is 7.65. The largest absolute Gasteiger partial charge is 0.461 e. The molecule has 0 atom stereocenters. The number of esters is 2. The van der Waals surface area contributed by atoms with Crippen LogP contribution >= 0.6 is 0 Å². The third-order valence-corrected chi connectivity index (χ3v) is 8.46. The van der Waals surface area contributed by atoms with Crippen LogP contribution in [0.5, 0.6) is 0 Å². The number of halogens is 2. The van der Waals surface area contributed by atoms with Crippen LogP contribution in [0.15, 0.2) is 0 Å². The molecular weight excluding hydrogens is 426 g/mol. The van der Waals surface area contributed by atoms with E-state index in [2.05, 4.69) is 11.7 Å². The van der Waals surface area contributed by atoms with Crippen molar-refractivity contribution in [3.63, 3.8) is 0 Å². The molecule has 0 unspecified atom stereocenters. The van der Waals surface area contributed by atoms with Gasteiger partial charge in [0.2, 0.25) is 0 Å². The fraction of sp³-hybridized carbons (Fsp3) is 0.926. The molecule has 0 aromatic rings. The van der Waals surface area contributed by atoms with E-state index in [1.165, 1.54) is 44.9 Å². The second kappa shape index (κ2) is 12.0. The lowest BCUT2D eigenvalue weighted by atomic mass is 9.50. The average Bonchev–Trinajstić information content (AvgIpc) is 2.74. The number of unbranched alkanes of at least 4 members (excludes halogenated alkanes) is 9. The first-order valence-corrected chi connectivity index (χ1v) is 13.5. The van der Waals surface area contributed by atoms with Crippen LogP contribution < -0.4 is 0 Å². The Morgan fingerprint density at radius 2 is 1.24 bits per heavy atom. The molecule has 0 aromatic carbocycles. The van der Waals surface area contributed by atoms with E-state index in [0.29, 0.717) is 31.6 Å². The molecule has 4 fully saturated rings. The fourth-order valence-corrected chi connectivity index (χ4v) is 6.66. The van der Waals surface area contributed by atoms with Crippen LogP contribution in [0.2, 0.25) is 0 Å². The molecule has 0 spiro atoms. The molecule has 0 amide bonds. The summed E-state index contributed by atoms with van der Waals surface area (Å²) in [5.41, 5.74) is -0.201. The molecular formula is C27H44F2O4. The number of carbonyl (C=O) groups excluding carboxylic acids is 2. The van der Waals surface area contributed by atoms with Gasteiger partial charge in [0.1, 0.15) is 5.60 Å². The van der Waals surface area contributed by atoms with E-state index in [4.69, 9.17) is 4.74 Å². The van der Waals surface area contributed by atoms with Crippen LogP contribution in [0.1, 0.15) is 117 Å². The maximum atomic E-state index is 12.7. The summed E-state index contributed by atoms with van der Waals surface area (Å²) in [6.07, 6.45) is 17.4. The molecule has 0 aliphatic heterocycles. The van der Waals surface area contributed by atoms with E-state index in [-0.39, 0.29) is 18.2 Å². The van der Waals surface area contributed by atoms with Crippen LogP contribution in [-0.4, -0.2) is 30.1 Å². The second-order valence-electron chi connectivity index (χ2n) is 11.3. The van der Waals surface area contributed by atoms with Crippen LogP contribution in [0.4, 0.5) is 8.78 Å². The van der Waals surface area contributed by atoms with E-state index < -0.39 is 11.9 Å². The average molecular weight is 471 g/mol. The summed E-state index contributed by atoms with van der Waals surface area (Å²) in [6, 6.07) is 0. The Kier molecular flexibility index (Phi) is 9.58. The normalized spacial score (nSPS) is 30.4. The molecule has 190 valence electrons. The summed E-state index contributed by atoms with van der Waals surface area (Å²) in [4.78, 5) is 23.5. The van der Waals surface area contributed by atoms with Crippen molar-refractivity contribution in [2.45, 2.75) is 128 Å². The maximum Gasteiger partial charge on any atom is 0.376 e. The van der Waals surface area contributed by atoms with E-state index in [0.717, 1.165) is 56.8 Å². The van der Waals surface area contributed by atoms with Gasteiger partial charge in [-0.05, 0) is 75.5 Å². The Morgan fingerprint density at radius 1 is 0.788 bits per heavy atom. The summed E-state index contributed by atoms with van der Waals surface area (Å²) < 4.78 is 36.0. The van der Waals surface area contributed by atoms with Crippen molar-refractivity contribution < 1.29 is 27.8 Å². The van der Waals surface area contributed by atoms with E-state index in [1.54, 1.807) is 0 Å². The van der Waals surface area contributed by atoms with Crippen molar-refractivity contribution >= 4 is 11.9 Å². The van der Waals surface area contributed by atoms with Gasteiger partial charge in [-0.1, -0.05) is 51.4 Å². The number of hydrogen-bond donors (Lipinski definition) is 0. The number of rotatable bonds is 15. The number of ether oxygens (including phenoxy) is 2. The van der Waals surface area contributed by atoms with Crippen molar-refractivity contribution in [2.24, 2.45) is 23.7 Å². The predicted molar refractivity (Wildman–Crippen MR) is 124 cm³/mol. The number of alkyl halides is 2. The minimum atomic E-state index is -3.40. The summed E-state index contributed by atoms with van der Waals surface area (Å²) in [7, 11) is 0. The SMILES string of the molecule is CC(F)(F)C(=O)OCCCCCCCCCCCCC(=O)OC1(C)C2CC3CC(C2)CC1C3. The van der Waals surface area contributed by atoms with E-state index in [9.17, 15) is 18.4 Å². The first-order valence-electron chi connectivity index (χ1n) is 13.5. The first kappa shape index (κ1) is 26.4. The summed E-state index contributed by atoms with van der Waals surface area (Å²) >= 11 is 0. The van der Waals surface area contributed by atoms with Gasteiger partial charge in [0.05, 0.1) is 6.61 Å². The molecule has 4 rings (SSSR count). The van der Waals surface area contributed by atoms with Crippen molar-refractivity contribution in [3.8, 4) is 0 Å². The molecule has 4 nitrogen and oxygen atoms in total. The molecule has 0 N–H and O–H groups in total. The highest BCUT2D eigenvalue weighted by atomic mass is 19.3. The maximum absolute atomic E-state index is 12.7. The highest BCUT2D eigenvalue weighted by Crippen LogP contribution is 2.59. The van der Waals surface area contributed by atoms with Gasteiger partial charge in [0, 0.05) is 13.3 Å². The van der Waals surface area contributed by atoms with Crippen molar-refractivity contribution in [3.05, 3.63) is 0 Å². The van der Waals surface area contributed by atoms with E-state index in [1.807, 2.05) is 0 Å². The van der Waals surface area contributed by atoms with Gasteiger partial charge in [-0.2, -0.15) is 8.78 Å². The Morgan fingerprint density at radius 3 is 1.73 bits per heavy atom. The topological polar surface area (TPSA) is 52.6 Å². The van der Waals surface area contributed by atoms with Crippen molar-refractivity contribution in [1.82, 2.24) is 0 Å². The molecule has 33 heavy (non-hydrogen) atoms. The highest BCUT2D eigenvalue weighted by molar-refractivity contribution is 5.76. The van der Waals surface area contributed by atoms with Gasteiger partial charge in [-0.15, -0.1) is 0 Å². The quantitative estimate of drug-likeness (QED) is 0.187. The zero-order valence-electron chi connectivity index (χ0n) is 20.7. The fourth-order valence-electron chi connectivity index (χ4n) is 6.66. The van der Waals surface area contributed by atoms with E-state index >= 15 is 0 Å². The Labute approximate surface area is 198 Å². The molecule has 0 radical (unpaired) electrons. The smallest absolute Gasteiger partial charge is 0.376 e. The highest BCUT2D eigenvalue weighted by Gasteiger charge is 2.56. The lowest BCUT2D eigenvalue weighted by molar-refractivity contribution is -0.203. The molecule has 6 heteroatoms. The molecule has 4 bridgehead atoms. The minimum absolute atomic E-state index is 0.0123. The van der Waals surface area contributed by atoms with Crippen LogP contribution in [-0.2, 0) is 19.1 Å². The van der Waals surface area contributed by atoms with Gasteiger partial charge < -0.3 is 9.47 Å². The molecule has 4 aliphatic rings. The van der Waals surface area contributed by atoms with Crippen LogP contribution in [0.3, 0.4) is 0 Å². The van der Waals surface area contributed by atoms with Crippen molar-refractivity contribution in [2.75, 3.05) is 6.61 Å². The van der Waals surface area contributed by atoms with Gasteiger partial charge in [0.25, 0.3) is 0 Å². The molecule has 0 aromatic heterocycles. The van der Waals surface area contributed by atoms with Crippen LogP contribution in [0.25, 0.3) is 0 Å². The lowest BCUT2D eigenvalue weighted by Gasteiger charge is -2.59. The molecule has 4 saturated carbocycles. The number of carbonyl (C=O) groups is 2. The van der Waals surface area contributed by atoms with Gasteiger partial charge in [-0.25, -0.2) is 4.79 Å². The first-order chi connectivity index (χ1) is 15.7. The van der Waals surface area contributed by atoms with Gasteiger partial charge in [0.15, 0.2) is 0 Å². The molecule has 0 heterocycles. The minimum Gasteiger partial charge on any atom is -0.461 e. The summed E-state index contributed by atoms with van der Waals surface area (Å²) in [5, 5.41) is 0. The Hall–Kier alpha value is -1.20. The summed E-state index contributed by atoms with van der Waals surface area (Å²) in [5.74, 6) is -1.85. The molecule has 0 saturated heterocycles. The Balaban J connectivity index is 1.12. The van der Waals surface area contributed by atoms with Gasteiger partial charge >= 0.3 is 17.9 Å². The standard InChI is InChI=1S/C27H44F2O4/c1-26(22-16-20-15-21(18-22)19-23(26)17-20)33-24(30)13-11-9-7-5-3-4-6-8-10-12-14-32-25(31)27(2,28)29/h20-23H,3-19H2,1-2H3. The predicted octanol–water partition coefficient (Wildman–Crippen LogP) is 7.23. The molecule has 4 aliphatic carbocycles. The van der Waals surface area contributed by atoms with Crippen LogP contribution in [0, 0.1) is 23.7 Å². The lowest BCUT2D eigenvalue weighted by Crippen LogP contribution is -2.57. The number of hydrogen-bond acceptors (Lipinski definition) is 4. The second-order valence-corrected chi connectivity index (χ2v) is 11.3. The third-order valence-electron chi connectivity index (χ3n) is 8.46. The summed E-state index contributed by atoms with van der Waals surface area (Å²) in [6.45, 7) is 2.85.